The van der Waals surface area contributed by atoms with Crippen LogP contribution in [0, 0.1) is 5.92 Å². The van der Waals surface area contributed by atoms with Crippen LogP contribution in [0.1, 0.15) is 29.2 Å². The molecular weight excluding hydrogens is 328 g/mol. The molecule has 0 bridgehead atoms. The molecule has 0 saturated heterocycles. The third kappa shape index (κ3) is 3.91. The maximum Gasteiger partial charge on any atom is 0.224 e. The Hall–Kier alpha value is -3.15. The number of aromatic nitrogens is 3. The van der Waals surface area contributed by atoms with Gasteiger partial charge in [0, 0.05) is 5.92 Å². The number of nitrogens with zero attached hydrogens (tertiary/aromatic N) is 2. The van der Waals surface area contributed by atoms with Gasteiger partial charge < -0.3 is 10.1 Å². The number of carbonyl (C=O) groups excluding carboxylic acids is 1. The maximum atomic E-state index is 12.2. The normalized spacial score (nSPS) is 18.3. The van der Waals surface area contributed by atoms with Crippen molar-refractivity contribution in [2.24, 2.45) is 5.92 Å². The Morgan fingerprint density at radius 2 is 1.96 bits per heavy atom. The molecule has 0 radical (unpaired) electrons. The van der Waals surface area contributed by atoms with Crippen LogP contribution in [0.5, 0.6) is 5.75 Å². The molecule has 4 rings (SSSR count). The molecule has 1 saturated carbocycles. The molecule has 2 aromatic carbocycles. The number of ether oxygens (including phenoxy) is 1. The van der Waals surface area contributed by atoms with Crippen molar-refractivity contribution >= 4 is 5.91 Å². The van der Waals surface area contributed by atoms with E-state index in [1.807, 2.05) is 42.5 Å². The topological polar surface area (TPSA) is 79.9 Å². The number of carbonyl (C=O) groups is 1. The van der Waals surface area contributed by atoms with Crippen molar-refractivity contribution in [3.8, 4) is 5.75 Å². The highest BCUT2D eigenvalue weighted by molar-refractivity contribution is 5.82. The Morgan fingerprint density at radius 3 is 2.69 bits per heavy atom. The molecule has 0 aliphatic heterocycles. The Labute approximate surface area is 151 Å². The van der Waals surface area contributed by atoms with Gasteiger partial charge in [-0.05, 0) is 35.6 Å². The molecule has 6 heteroatoms. The Balaban J connectivity index is 1.27. The van der Waals surface area contributed by atoms with Crippen molar-refractivity contribution in [2.75, 3.05) is 0 Å². The highest BCUT2D eigenvalue weighted by atomic mass is 16.5. The zero-order valence-electron chi connectivity index (χ0n) is 14.3. The molecule has 3 aromatic rings. The first-order valence-corrected chi connectivity index (χ1v) is 8.68. The molecule has 1 amide bonds. The van der Waals surface area contributed by atoms with Gasteiger partial charge >= 0.3 is 0 Å². The number of aromatic amines is 1. The largest absolute Gasteiger partial charge is 0.489 e. The van der Waals surface area contributed by atoms with Crippen molar-refractivity contribution in [1.82, 2.24) is 20.7 Å². The summed E-state index contributed by atoms with van der Waals surface area (Å²) in [4.78, 5) is 12.2. The lowest BCUT2D eigenvalue weighted by Crippen LogP contribution is -2.25. The van der Waals surface area contributed by atoms with Gasteiger partial charge in [-0.2, -0.15) is 15.4 Å². The predicted octanol–water partition coefficient (Wildman–Crippen LogP) is 2.80. The van der Waals surface area contributed by atoms with Crippen LogP contribution in [-0.2, 0) is 17.9 Å². The second-order valence-corrected chi connectivity index (χ2v) is 6.47. The summed E-state index contributed by atoms with van der Waals surface area (Å²) in [6, 6.07) is 18.1. The first kappa shape index (κ1) is 16.3. The summed E-state index contributed by atoms with van der Waals surface area (Å²) in [7, 11) is 0. The fourth-order valence-electron chi connectivity index (χ4n) is 3.02. The summed E-state index contributed by atoms with van der Waals surface area (Å²) < 4.78 is 5.81. The minimum absolute atomic E-state index is 0.0398. The van der Waals surface area contributed by atoms with Gasteiger partial charge in [0.05, 0.1) is 12.7 Å². The molecule has 2 N–H and O–H groups in total. The molecule has 2 atom stereocenters. The second-order valence-electron chi connectivity index (χ2n) is 6.47. The summed E-state index contributed by atoms with van der Waals surface area (Å²) >= 11 is 0. The molecule has 0 spiro atoms. The van der Waals surface area contributed by atoms with Crippen LogP contribution in [0.4, 0.5) is 0 Å². The van der Waals surface area contributed by atoms with E-state index < -0.39 is 0 Å². The molecule has 6 nitrogen and oxygen atoms in total. The highest BCUT2D eigenvalue weighted by Crippen LogP contribution is 2.47. The van der Waals surface area contributed by atoms with Gasteiger partial charge in [-0.25, -0.2) is 0 Å². The monoisotopic (exact) mass is 348 g/mol. The Morgan fingerprint density at radius 1 is 1.15 bits per heavy atom. The van der Waals surface area contributed by atoms with Crippen LogP contribution >= 0.6 is 0 Å². The van der Waals surface area contributed by atoms with E-state index in [9.17, 15) is 4.79 Å². The van der Waals surface area contributed by atoms with Crippen LogP contribution < -0.4 is 10.1 Å². The summed E-state index contributed by atoms with van der Waals surface area (Å²) in [6.45, 7) is 0.960. The zero-order valence-corrected chi connectivity index (χ0v) is 14.3. The summed E-state index contributed by atoms with van der Waals surface area (Å²) in [5.74, 6) is 1.24. The van der Waals surface area contributed by atoms with E-state index in [1.54, 1.807) is 6.20 Å². The quantitative estimate of drug-likeness (QED) is 0.688. The molecule has 26 heavy (non-hydrogen) atoms. The van der Waals surface area contributed by atoms with Gasteiger partial charge in [-0.1, -0.05) is 42.5 Å². The molecular formula is C20H20N4O2. The van der Waals surface area contributed by atoms with Gasteiger partial charge in [-0.3, -0.25) is 4.79 Å². The van der Waals surface area contributed by atoms with E-state index in [1.165, 1.54) is 5.56 Å². The first-order valence-electron chi connectivity index (χ1n) is 8.68. The molecule has 1 aliphatic carbocycles. The van der Waals surface area contributed by atoms with Crippen molar-refractivity contribution < 1.29 is 9.53 Å². The minimum atomic E-state index is 0.0398. The van der Waals surface area contributed by atoms with Gasteiger partial charge in [0.25, 0.3) is 0 Å². The SMILES string of the molecule is O=C(NCc1cn[nH]n1)[C@H]1C[C@H]1c1ccc(OCc2ccccc2)cc1. The lowest BCUT2D eigenvalue weighted by molar-refractivity contribution is -0.122. The van der Waals surface area contributed by atoms with Crippen LogP contribution in [0.3, 0.4) is 0 Å². The molecule has 1 fully saturated rings. The summed E-state index contributed by atoms with van der Waals surface area (Å²) in [5.41, 5.74) is 3.05. The first-order chi connectivity index (χ1) is 12.8. The lowest BCUT2D eigenvalue weighted by atomic mass is 10.1. The third-order valence-corrected chi connectivity index (χ3v) is 4.59. The average Bonchev–Trinajstić information content (AvgIpc) is 3.32. The number of benzene rings is 2. The summed E-state index contributed by atoms with van der Waals surface area (Å²) in [6.07, 6.45) is 2.49. The van der Waals surface area contributed by atoms with Crippen molar-refractivity contribution in [1.29, 1.82) is 0 Å². The van der Waals surface area contributed by atoms with Crippen molar-refractivity contribution in [2.45, 2.75) is 25.5 Å². The maximum absolute atomic E-state index is 12.2. The van der Waals surface area contributed by atoms with Crippen LogP contribution in [0.15, 0.2) is 60.8 Å². The smallest absolute Gasteiger partial charge is 0.224 e. The number of rotatable bonds is 7. The average molecular weight is 348 g/mol. The van der Waals surface area contributed by atoms with E-state index in [2.05, 4.69) is 32.9 Å². The van der Waals surface area contributed by atoms with E-state index in [0.717, 1.165) is 23.4 Å². The fourth-order valence-corrected chi connectivity index (χ4v) is 3.02. The third-order valence-electron chi connectivity index (χ3n) is 4.59. The van der Waals surface area contributed by atoms with Gasteiger partial charge in [-0.15, -0.1) is 0 Å². The second kappa shape index (κ2) is 7.39. The highest BCUT2D eigenvalue weighted by Gasteiger charge is 2.43. The van der Waals surface area contributed by atoms with E-state index in [0.29, 0.717) is 13.2 Å². The standard InChI is InChI=1S/C20H20N4O2/c25-20(21-11-16-12-22-24-23-16)19-10-18(19)15-6-8-17(9-7-15)26-13-14-4-2-1-3-5-14/h1-9,12,18-19H,10-11,13H2,(H,21,25)(H,22,23,24)/t18-,19-/m0/s1. The molecule has 1 heterocycles. The molecule has 1 aromatic heterocycles. The number of H-pyrrole nitrogens is 1. The number of hydrogen-bond donors (Lipinski definition) is 2. The lowest BCUT2D eigenvalue weighted by Gasteiger charge is -2.07. The van der Waals surface area contributed by atoms with Crippen LogP contribution in [-0.4, -0.2) is 21.3 Å². The van der Waals surface area contributed by atoms with Gasteiger partial charge in [0.1, 0.15) is 18.1 Å². The molecule has 132 valence electrons. The Bertz CT molecular complexity index is 847. The molecule has 0 unspecified atom stereocenters. The van der Waals surface area contributed by atoms with E-state index in [-0.39, 0.29) is 17.7 Å². The van der Waals surface area contributed by atoms with Gasteiger partial charge in [0.15, 0.2) is 0 Å². The van der Waals surface area contributed by atoms with Crippen LogP contribution in [0.25, 0.3) is 0 Å². The van der Waals surface area contributed by atoms with E-state index in [4.69, 9.17) is 4.74 Å². The van der Waals surface area contributed by atoms with Crippen molar-refractivity contribution in [3.63, 3.8) is 0 Å². The van der Waals surface area contributed by atoms with Crippen molar-refractivity contribution in [3.05, 3.63) is 77.6 Å². The van der Waals surface area contributed by atoms with E-state index >= 15 is 0 Å². The zero-order chi connectivity index (χ0) is 17.8. The van der Waals surface area contributed by atoms with Gasteiger partial charge in [0.2, 0.25) is 5.91 Å². The number of nitrogens with one attached hydrogen (secondary N) is 2. The van der Waals surface area contributed by atoms with Crippen LogP contribution in [0.2, 0.25) is 0 Å². The molecule has 1 aliphatic rings. The minimum Gasteiger partial charge on any atom is -0.489 e. The predicted molar refractivity (Wildman–Crippen MR) is 96.3 cm³/mol. The Kier molecular flexibility index (Phi) is 4.64. The number of hydrogen-bond acceptors (Lipinski definition) is 4. The summed E-state index contributed by atoms with van der Waals surface area (Å²) in [5, 5.41) is 13.1. The number of amides is 1. The fraction of sp³-hybridized carbons (Fsp3) is 0.250.